The van der Waals surface area contributed by atoms with Crippen molar-refractivity contribution in [2.75, 3.05) is 25.1 Å². The van der Waals surface area contributed by atoms with E-state index in [1.165, 1.54) is 0 Å². The van der Waals surface area contributed by atoms with Crippen LogP contribution in [0.1, 0.15) is 23.0 Å². The van der Waals surface area contributed by atoms with E-state index in [0.29, 0.717) is 43.6 Å². The number of benzene rings is 1. The lowest BCUT2D eigenvalue weighted by Crippen LogP contribution is -2.12. The monoisotopic (exact) mass is 355 g/mol. The van der Waals surface area contributed by atoms with E-state index in [2.05, 4.69) is 15.5 Å². The molecule has 0 bridgehead atoms. The van der Waals surface area contributed by atoms with Crippen LogP contribution >= 0.6 is 0 Å². The number of rotatable bonds is 9. The van der Waals surface area contributed by atoms with Crippen LogP contribution in [0.4, 0.5) is 5.69 Å². The van der Waals surface area contributed by atoms with Crippen LogP contribution in [-0.2, 0) is 16.1 Å². The Kier molecular flexibility index (Phi) is 6.19. The van der Waals surface area contributed by atoms with Crippen molar-refractivity contribution < 1.29 is 18.7 Å². The van der Waals surface area contributed by atoms with Gasteiger partial charge in [-0.05, 0) is 36.8 Å². The molecule has 7 heteroatoms. The average molecular weight is 355 g/mol. The molecule has 1 amide bonds. The first-order valence-corrected chi connectivity index (χ1v) is 8.41. The summed E-state index contributed by atoms with van der Waals surface area (Å²) in [6.45, 7) is 4.20. The van der Waals surface area contributed by atoms with Crippen molar-refractivity contribution in [2.45, 2.75) is 13.5 Å². The lowest BCUT2D eigenvalue weighted by molar-refractivity contribution is 0.0453. The lowest BCUT2D eigenvalue weighted by Gasteiger charge is -2.07. The second-order valence-corrected chi connectivity index (χ2v) is 5.55. The number of nitrogens with one attached hydrogen (secondary N) is 2. The number of amides is 1. The molecule has 0 spiro atoms. The third-order valence-corrected chi connectivity index (χ3v) is 3.63. The Labute approximate surface area is 151 Å². The SMILES string of the molecule is CCOCCOCc1cccc(NC(=O)c2cc(-c3ccco3)[nH]n2)c1. The molecule has 0 saturated heterocycles. The zero-order chi connectivity index (χ0) is 18.2. The molecule has 26 heavy (non-hydrogen) atoms. The molecular weight excluding hydrogens is 334 g/mol. The highest BCUT2D eigenvalue weighted by atomic mass is 16.5. The van der Waals surface area contributed by atoms with E-state index in [-0.39, 0.29) is 11.6 Å². The smallest absolute Gasteiger partial charge is 0.276 e. The Morgan fingerprint density at radius 1 is 1.19 bits per heavy atom. The molecule has 0 aliphatic carbocycles. The average Bonchev–Trinajstić information content (AvgIpc) is 3.33. The second-order valence-electron chi connectivity index (χ2n) is 5.55. The molecule has 1 aromatic carbocycles. The Hall–Kier alpha value is -2.90. The molecule has 0 fully saturated rings. The number of carbonyl (C=O) groups is 1. The van der Waals surface area contributed by atoms with Gasteiger partial charge in [-0.2, -0.15) is 5.10 Å². The minimum atomic E-state index is -0.298. The molecule has 2 aromatic heterocycles. The summed E-state index contributed by atoms with van der Waals surface area (Å²) < 4.78 is 16.1. The van der Waals surface area contributed by atoms with Crippen LogP contribution in [0.15, 0.2) is 53.1 Å². The van der Waals surface area contributed by atoms with Gasteiger partial charge in [0.05, 0.1) is 26.1 Å². The molecule has 0 radical (unpaired) electrons. The van der Waals surface area contributed by atoms with Crippen LogP contribution in [0.5, 0.6) is 0 Å². The lowest BCUT2D eigenvalue weighted by atomic mass is 10.2. The van der Waals surface area contributed by atoms with Gasteiger partial charge in [-0.3, -0.25) is 9.89 Å². The maximum Gasteiger partial charge on any atom is 0.276 e. The van der Waals surface area contributed by atoms with Crippen LogP contribution in [0, 0.1) is 0 Å². The number of aromatic amines is 1. The van der Waals surface area contributed by atoms with Crippen LogP contribution in [-0.4, -0.2) is 35.9 Å². The molecule has 0 saturated carbocycles. The molecule has 0 unspecified atom stereocenters. The minimum absolute atomic E-state index is 0.287. The van der Waals surface area contributed by atoms with Crippen molar-refractivity contribution in [2.24, 2.45) is 0 Å². The number of hydrogen-bond donors (Lipinski definition) is 2. The summed E-state index contributed by atoms with van der Waals surface area (Å²) in [6.07, 6.45) is 1.57. The molecule has 7 nitrogen and oxygen atoms in total. The van der Waals surface area contributed by atoms with Crippen molar-refractivity contribution in [3.05, 3.63) is 60.0 Å². The highest BCUT2D eigenvalue weighted by molar-refractivity contribution is 6.03. The maximum absolute atomic E-state index is 12.4. The van der Waals surface area contributed by atoms with E-state index >= 15 is 0 Å². The molecule has 3 rings (SSSR count). The predicted molar refractivity (Wildman–Crippen MR) is 96.8 cm³/mol. The summed E-state index contributed by atoms with van der Waals surface area (Å²) in [6, 6.07) is 12.7. The third kappa shape index (κ3) is 4.81. The highest BCUT2D eigenvalue weighted by Crippen LogP contribution is 2.19. The van der Waals surface area contributed by atoms with Gasteiger partial charge in [0.2, 0.25) is 0 Å². The fourth-order valence-electron chi connectivity index (χ4n) is 2.38. The standard InChI is InChI=1S/C19H21N3O4/c1-2-24-9-10-25-13-14-5-3-6-15(11-14)20-19(23)17-12-16(21-22-17)18-7-4-8-26-18/h3-8,11-12H,2,9-10,13H2,1H3,(H,20,23)(H,21,22). The fraction of sp³-hybridized carbons (Fsp3) is 0.263. The quantitative estimate of drug-likeness (QED) is 0.574. The number of H-pyrrole nitrogens is 1. The number of carbonyl (C=O) groups excluding carboxylic acids is 1. The van der Waals surface area contributed by atoms with Crippen molar-refractivity contribution in [1.29, 1.82) is 0 Å². The van der Waals surface area contributed by atoms with E-state index in [0.717, 1.165) is 5.56 Å². The van der Waals surface area contributed by atoms with Crippen molar-refractivity contribution in [3.8, 4) is 11.5 Å². The van der Waals surface area contributed by atoms with Crippen LogP contribution in [0.2, 0.25) is 0 Å². The topological polar surface area (TPSA) is 89.4 Å². The molecular formula is C19H21N3O4. The molecule has 0 aliphatic rings. The molecule has 0 atom stereocenters. The number of nitrogens with zero attached hydrogens (tertiary/aromatic N) is 1. The van der Waals surface area contributed by atoms with E-state index in [1.807, 2.05) is 31.2 Å². The van der Waals surface area contributed by atoms with Gasteiger partial charge in [0.25, 0.3) is 5.91 Å². The summed E-state index contributed by atoms with van der Waals surface area (Å²) in [7, 11) is 0. The number of hydrogen-bond acceptors (Lipinski definition) is 5. The minimum Gasteiger partial charge on any atom is -0.463 e. The van der Waals surface area contributed by atoms with Gasteiger partial charge in [-0.1, -0.05) is 12.1 Å². The van der Waals surface area contributed by atoms with Crippen LogP contribution < -0.4 is 5.32 Å². The van der Waals surface area contributed by atoms with E-state index in [4.69, 9.17) is 13.9 Å². The molecule has 2 N–H and O–H groups in total. The molecule has 2 heterocycles. The summed E-state index contributed by atoms with van der Waals surface area (Å²) in [5.74, 6) is 0.330. The van der Waals surface area contributed by atoms with Gasteiger partial charge in [0.1, 0.15) is 5.69 Å². The van der Waals surface area contributed by atoms with Crippen molar-refractivity contribution in [1.82, 2.24) is 10.2 Å². The van der Waals surface area contributed by atoms with Gasteiger partial charge in [0.15, 0.2) is 11.5 Å². The summed E-state index contributed by atoms with van der Waals surface area (Å²) in [5.41, 5.74) is 2.59. The van der Waals surface area contributed by atoms with E-state index in [9.17, 15) is 4.79 Å². The van der Waals surface area contributed by atoms with Crippen molar-refractivity contribution >= 4 is 11.6 Å². The number of aromatic nitrogens is 2. The van der Waals surface area contributed by atoms with Gasteiger partial charge in [0, 0.05) is 18.4 Å². The number of furan rings is 1. The highest BCUT2D eigenvalue weighted by Gasteiger charge is 2.13. The van der Waals surface area contributed by atoms with Gasteiger partial charge >= 0.3 is 0 Å². The van der Waals surface area contributed by atoms with Gasteiger partial charge < -0.3 is 19.2 Å². The van der Waals surface area contributed by atoms with Gasteiger partial charge in [-0.25, -0.2) is 0 Å². The number of ether oxygens (including phenoxy) is 2. The normalized spacial score (nSPS) is 10.8. The predicted octanol–water partition coefficient (Wildman–Crippen LogP) is 3.48. The van der Waals surface area contributed by atoms with Crippen molar-refractivity contribution in [3.63, 3.8) is 0 Å². The van der Waals surface area contributed by atoms with Crippen LogP contribution in [0.25, 0.3) is 11.5 Å². The number of anilines is 1. The second kappa shape index (κ2) is 8.98. The van der Waals surface area contributed by atoms with Gasteiger partial charge in [-0.15, -0.1) is 0 Å². The zero-order valence-corrected chi connectivity index (χ0v) is 14.5. The summed E-state index contributed by atoms with van der Waals surface area (Å²) >= 11 is 0. The fourth-order valence-corrected chi connectivity index (χ4v) is 2.38. The largest absolute Gasteiger partial charge is 0.463 e. The first-order chi connectivity index (χ1) is 12.8. The molecule has 0 aliphatic heterocycles. The molecule has 3 aromatic rings. The summed E-state index contributed by atoms with van der Waals surface area (Å²) in [4.78, 5) is 12.4. The first-order valence-electron chi connectivity index (χ1n) is 8.41. The Bertz CT molecular complexity index is 827. The van der Waals surface area contributed by atoms with E-state index in [1.54, 1.807) is 24.5 Å². The molecule has 136 valence electrons. The Morgan fingerprint density at radius 2 is 2.08 bits per heavy atom. The Balaban J connectivity index is 1.56. The third-order valence-electron chi connectivity index (χ3n) is 3.63. The zero-order valence-electron chi connectivity index (χ0n) is 14.5. The first kappa shape index (κ1) is 17.9. The van der Waals surface area contributed by atoms with Crippen LogP contribution in [0.3, 0.4) is 0 Å². The Morgan fingerprint density at radius 3 is 2.88 bits per heavy atom. The summed E-state index contributed by atoms with van der Waals surface area (Å²) in [5, 5.41) is 9.66. The maximum atomic E-state index is 12.4. The van der Waals surface area contributed by atoms with E-state index < -0.39 is 0 Å².